The molecule has 1 saturated heterocycles. The number of hydrogen-bond acceptors (Lipinski definition) is 3. The van der Waals surface area contributed by atoms with Crippen molar-refractivity contribution in [3.63, 3.8) is 0 Å². The summed E-state index contributed by atoms with van der Waals surface area (Å²) in [6.07, 6.45) is 3.60. The maximum Gasteiger partial charge on any atom is 0.191 e. The Morgan fingerprint density at radius 2 is 2.21 bits per heavy atom. The standard InChI is InChI=1S/C14H29N3O2/c1-14(2,3)17-13(15-4)16-8-6-9-18-11-12-7-5-10-19-12/h12H,5-11H2,1-4H3,(H2,15,16,17). The number of ether oxygens (including phenoxy) is 2. The molecule has 0 amide bonds. The van der Waals surface area contributed by atoms with Crippen LogP contribution in [-0.4, -0.2) is 51.0 Å². The number of nitrogens with one attached hydrogen (secondary N) is 2. The van der Waals surface area contributed by atoms with Gasteiger partial charge in [0, 0.05) is 32.3 Å². The zero-order chi connectivity index (χ0) is 14.1. The third kappa shape index (κ3) is 8.06. The Kier molecular flexibility index (Phi) is 7.16. The van der Waals surface area contributed by atoms with Crippen molar-refractivity contribution < 1.29 is 9.47 Å². The predicted molar refractivity (Wildman–Crippen MR) is 78.7 cm³/mol. The van der Waals surface area contributed by atoms with E-state index in [2.05, 4.69) is 36.4 Å². The molecule has 112 valence electrons. The Morgan fingerprint density at radius 1 is 1.42 bits per heavy atom. The molecule has 0 bridgehead atoms. The molecular formula is C14H29N3O2. The first-order chi connectivity index (χ1) is 9.01. The van der Waals surface area contributed by atoms with Crippen LogP contribution in [0.2, 0.25) is 0 Å². The van der Waals surface area contributed by atoms with Crippen molar-refractivity contribution in [2.75, 3.05) is 33.4 Å². The molecule has 0 saturated carbocycles. The van der Waals surface area contributed by atoms with Crippen molar-refractivity contribution in [3.05, 3.63) is 0 Å². The van der Waals surface area contributed by atoms with Gasteiger partial charge in [-0.25, -0.2) is 0 Å². The monoisotopic (exact) mass is 271 g/mol. The lowest BCUT2D eigenvalue weighted by atomic mass is 10.1. The maximum absolute atomic E-state index is 5.61. The maximum atomic E-state index is 5.61. The van der Waals surface area contributed by atoms with Gasteiger partial charge in [0.25, 0.3) is 0 Å². The van der Waals surface area contributed by atoms with E-state index < -0.39 is 0 Å². The summed E-state index contributed by atoms with van der Waals surface area (Å²) in [4.78, 5) is 4.19. The molecule has 19 heavy (non-hydrogen) atoms. The van der Waals surface area contributed by atoms with Gasteiger partial charge in [0.05, 0.1) is 12.7 Å². The van der Waals surface area contributed by atoms with Gasteiger partial charge >= 0.3 is 0 Å². The first-order valence-electron chi connectivity index (χ1n) is 7.19. The molecular weight excluding hydrogens is 242 g/mol. The van der Waals surface area contributed by atoms with E-state index in [4.69, 9.17) is 9.47 Å². The van der Waals surface area contributed by atoms with E-state index in [0.29, 0.717) is 6.10 Å². The minimum absolute atomic E-state index is 0.0259. The molecule has 5 nitrogen and oxygen atoms in total. The fraction of sp³-hybridized carbons (Fsp3) is 0.929. The van der Waals surface area contributed by atoms with E-state index in [1.54, 1.807) is 7.05 Å². The number of nitrogens with zero attached hydrogens (tertiary/aromatic N) is 1. The van der Waals surface area contributed by atoms with Gasteiger partial charge in [-0.1, -0.05) is 0 Å². The molecule has 1 unspecified atom stereocenters. The van der Waals surface area contributed by atoms with Gasteiger partial charge in [-0.2, -0.15) is 0 Å². The second-order valence-electron chi connectivity index (χ2n) is 5.94. The molecule has 0 spiro atoms. The van der Waals surface area contributed by atoms with Crippen LogP contribution in [0.4, 0.5) is 0 Å². The normalized spacial score (nSPS) is 20.6. The molecule has 1 aliphatic heterocycles. The predicted octanol–water partition coefficient (Wildman–Crippen LogP) is 1.54. The van der Waals surface area contributed by atoms with Gasteiger partial charge < -0.3 is 20.1 Å². The molecule has 0 aliphatic carbocycles. The molecule has 0 aromatic heterocycles. The summed E-state index contributed by atoms with van der Waals surface area (Å²) in [6.45, 7) is 9.60. The summed E-state index contributed by atoms with van der Waals surface area (Å²) in [6, 6.07) is 0. The van der Waals surface area contributed by atoms with Gasteiger partial charge in [-0.3, -0.25) is 4.99 Å². The highest BCUT2D eigenvalue weighted by atomic mass is 16.5. The van der Waals surface area contributed by atoms with Crippen LogP contribution in [-0.2, 0) is 9.47 Å². The van der Waals surface area contributed by atoms with Crippen LogP contribution in [0, 0.1) is 0 Å². The van der Waals surface area contributed by atoms with Crippen LogP contribution in [0.15, 0.2) is 4.99 Å². The third-order valence-electron chi connectivity index (χ3n) is 2.80. The van der Waals surface area contributed by atoms with E-state index in [9.17, 15) is 0 Å². The third-order valence-corrected chi connectivity index (χ3v) is 2.80. The van der Waals surface area contributed by atoms with E-state index in [1.165, 1.54) is 6.42 Å². The average molecular weight is 271 g/mol. The van der Waals surface area contributed by atoms with Crippen LogP contribution in [0.1, 0.15) is 40.0 Å². The second kappa shape index (κ2) is 8.38. The van der Waals surface area contributed by atoms with E-state index in [1.807, 2.05) is 0 Å². The Bertz CT molecular complexity index is 268. The van der Waals surface area contributed by atoms with Crippen molar-refractivity contribution in [3.8, 4) is 0 Å². The zero-order valence-corrected chi connectivity index (χ0v) is 12.8. The fourth-order valence-corrected chi connectivity index (χ4v) is 1.91. The molecule has 1 fully saturated rings. The molecule has 5 heteroatoms. The number of guanidine groups is 1. The lowest BCUT2D eigenvalue weighted by Crippen LogP contribution is -2.47. The quantitative estimate of drug-likeness (QED) is 0.437. The van der Waals surface area contributed by atoms with Crippen LogP contribution in [0.25, 0.3) is 0 Å². The van der Waals surface area contributed by atoms with Crippen molar-refractivity contribution in [1.82, 2.24) is 10.6 Å². The summed E-state index contributed by atoms with van der Waals surface area (Å²) in [5.74, 6) is 0.839. The summed E-state index contributed by atoms with van der Waals surface area (Å²) in [5.41, 5.74) is 0.0259. The highest BCUT2D eigenvalue weighted by molar-refractivity contribution is 5.80. The van der Waals surface area contributed by atoms with Crippen LogP contribution in [0.3, 0.4) is 0 Å². The SMILES string of the molecule is CN=C(NCCCOCC1CCCO1)NC(C)(C)C. The summed E-state index contributed by atoms with van der Waals surface area (Å²) in [7, 11) is 1.79. The average Bonchev–Trinajstić information content (AvgIpc) is 2.83. The van der Waals surface area contributed by atoms with Crippen molar-refractivity contribution in [2.24, 2.45) is 4.99 Å². The molecule has 0 aromatic carbocycles. The molecule has 1 heterocycles. The largest absolute Gasteiger partial charge is 0.379 e. The van der Waals surface area contributed by atoms with Crippen molar-refractivity contribution >= 4 is 5.96 Å². The van der Waals surface area contributed by atoms with E-state index in [-0.39, 0.29) is 5.54 Å². The second-order valence-corrected chi connectivity index (χ2v) is 5.94. The highest BCUT2D eigenvalue weighted by Gasteiger charge is 2.15. The van der Waals surface area contributed by atoms with E-state index in [0.717, 1.165) is 45.2 Å². The molecule has 1 atom stereocenters. The molecule has 0 aromatic rings. The van der Waals surface area contributed by atoms with Gasteiger partial charge in [0.15, 0.2) is 5.96 Å². The summed E-state index contributed by atoms with van der Waals surface area (Å²) in [5, 5.41) is 6.60. The van der Waals surface area contributed by atoms with Gasteiger partial charge in [0.1, 0.15) is 0 Å². The van der Waals surface area contributed by atoms with Crippen LogP contribution in [0.5, 0.6) is 0 Å². The van der Waals surface area contributed by atoms with Gasteiger partial charge in [-0.15, -0.1) is 0 Å². The minimum atomic E-state index is 0.0259. The summed E-state index contributed by atoms with van der Waals surface area (Å²) >= 11 is 0. The first kappa shape index (κ1) is 16.2. The van der Waals surface area contributed by atoms with Crippen LogP contribution < -0.4 is 10.6 Å². The first-order valence-corrected chi connectivity index (χ1v) is 7.19. The molecule has 0 radical (unpaired) electrons. The van der Waals surface area contributed by atoms with Crippen molar-refractivity contribution in [1.29, 1.82) is 0 Å². The van der Waals surface area contributed by atoms with Gasteiger partial charge in [-0.05, 0) is 40.0 Å². The van der Waals surface area contributed by atoms with Gasteiger partial charge in [0.2, 0.25) is 0 Å². The highest BCUT2D eigenvalue weighted by Crippen LogP contribution is 2.11. The topological polar surface area (TPSA) is 54.9 Å². The molecule has 1 rings (SSSR count). The molecule has 1 aliphatic rings. The zero-order valence-electron chi connectivity index (χ0n) is 12.8. The van der Waals surface area contributed by atoms with Crippen LogP contribution >= 0.6 is 0 Å². The lowest BCUT2D eigenvalue weighted by Gasteiger charge is -2.23. The fourth-order valence-electron chi connectivity index (χ4n) is 1.91. The lowest BCUT2D eigenvalue weighted by molar-refractivity contribution is 0.0168. The Hall–Kier alpha value is -0.810. The Labute approximate surface area is 117 Å². The smallest absolute Gasteiger partial charge is 0.191 e. The van der Waals surface area contributed by atoms with E-state index >= 15 is 0 Å². The number of aliphatic imine (C=N–C) groups is 1. The molecule has 2 N–H and O–H groups in total. The Balaban J connectivity index is 1.99. The number of hydrogen-bond donors (Lipinski definition) is 2. The minimum Gasteiger partial charge on any atom is -0.379 e. The Morgan fingerprint density at radius 3 is 2.79 bits per heavy atom. The van der Waals surface area contributed by atoms with Crippen molar-refractivity contribution in [2.45, 2.75) is 51.7 Å². The summed E-state index contributed by atoms with van der Waals surface area (Å²) < 4.78 is 11.1. The number of rotatable bonds is 6.